The number of esters is 1. The summed E-state index contributed by atoms with van der Waals surface area (Å²) in [6.07, 6.45) is 6.37. The number of hydrogen-bond donors (Lipinski definition) is 2. The number of thioether (sulfide) groups is 1. The first-order chi connectivity index (χ1) is 9.12. The summed E-state index contributed by atoms with van der Waals surface area (Å²) < 4.78 is 5.09. The Kier molecular flexibility index (Phi) is 6.94. The van der Waals surface area contributed by atoms with Crippen molar-refractivity contribution in [2.24, 2.45) is 0 Å². The Morgan fingerprint density at radius 3 is 2.95 bits per heavy atom. The third-order valence-corrected chi connectivity index (χ3v) is 4.05. The van der Waals surface area contributed by atoms with Gasteiger partial charge in [-0.1, -0.05) is 18.2 Å². The first-order valence-electron chi connectivity index (χ1n) is 6.60. The van der Waals surface area contributed by atoms with E-state index in [0.717, 1.165) is 30.2 Å². The van der Waals surface area contributed by atoms with Crippen LogP contribution < -0.4 is 5.32 Å². The molecule has 1 rings (SSSR count). The fraction of sp³-hybridized carbons (Fsp3) is 0.692. The first kappa shape index (κ1) is 16.0. The van der Waals surface area contributed by atoms with E-state index in [0.29, 0.717) is 6.61 Å². The maximum Gasteiger partial charge on any atom is 0.326 e. The van der Waals surface area contributed by atoms with Gasteiger partial charge in [0.05, 0.1) is 6.61 Å². The van der Waals surface area contributed by atoms with E-state index in [4.69, 9.17) is 4.74 Å². The van der Waals surface area contributed by atoms with Gasteiger partial charge >= 0.3 is 5.97 Å². The van der Waals surface area contributed by atoms with Gasteiger partial charge in [-0.15, -0.1) is 0 Å². The second-order valence-corrected chi connectivity index (χ2v) is 5.59. The van der Waals surface area contributed by atoms with Gasteiger partial charge in [0.25, 0.3) is 0 Å². The summed E-state index contributed by atoms with van der Waals surface area (Å²) in [5, 5.41) is 4.01. The van der Waals surface area contributed by atoms with Crippen LogP contribution in [0.3, 0.4) is 0 Å². The molecule has 1 aromatic heterocycles. The number of unbranched alkanes of at least 4 members (excludes halogenated alkanes) is 1. The van der Waals surface area contributed by atoms with Crippen molar-refractivity contribution in [3.8, 4) is 0 Å². The molecule has 5 nitrogen and oxygen atoms in total. The minimum Gasteiger partial charge on any atom is -0.465 e. The normalized spacial score (nSPS) is 14.1. The van der Waals surface area contributed by atoms with Gasteiger partial charge in [0.2, 0.25) is 0 Å². The number of H-pyrrole nitrogens is 1. The Balaban J connectivity index is 2.23. The van der Waals surface area contributed by atoms with Gasteiger partial charge in [-0.3, -0.25) is 4.79 Å². The van der Waals surface area contributed by atoms with Gasteiger partial charge in [0, 0.05) is 18.1 Å². The van der Waals surface area contributed by atoms with Crippen LogP contribution in [0.1, 0.15) is 33.1 Å². The highest BCUT2D eigenvalue weighted by Crippen LogP contribution is 2.19. The molecule has 1 unspecified atom stereocenters. The van der Waals surface area contributed by atoms with Crippen LogP contribution >= 0.6 is 11.8 Å². The number of rotatable bonds is 9. The minimum atomic E-state index is -0.578. The zero-order chi connectivity index (χ0) is 14.1. The lowest BCUT2D eigenvalue weighted by Gasteiger charge is -2.26. The summed E-state index contributed by atoms with van der Waals surface area (Å²) >= 11 is 1.70. The number of aromatic nitrogens is 2. The van der Waals surface area contributed by atoms with Crippen LogP contribution in [-0.4, -0.2) is 40.9 Å². The van der Waals surface area contributed by atoms with Crippen LogP contribution in [0.4, 0.5) is 0 Å². The van der Waals surface area contributed by atoms with Crippen molar-refractivity contribution < 1.29 is 9.53 Å². The Morgan fingerprint density at radius 1 is 1.58 bits per heavy atom. The number of imidazole rings is 1. The number of hydrogen-bond acceptors (Lipinski definition) is 5. The molecule has 0 saturated carbocycles. The highest BCUT2D eigenvalue weighted by atomic mass is 32.2. The van der Waals surface area contributed by atoms with E-state index in [-0.39, 0.29) is 5.97 Å². The molecule has 0 amide bonds. The van der Waals surface area contributed by atoms with Crippen LogP contribution in [0.2, 0.25) is 0 Å². The molecule has 1 heterocycles. The summed E-state index contributed by atoms with van der Waals surface area (Å²) in [4.78, 5) is 19.0. The Hall–Kier alpha value is -1.01. The van der Waals surface area contributed by atoms with Crippen LogP contribution in [0, 0.1) is 0 Å². The van der Waals surface area contributed by atoms with E-state index >= 15 is 0 Å². The van der Waals surface area contributed by atoms with Gasteiger partial charge in [0.1, 0.15) is 5.54 Å². The summed E-state index contributed by atoms with van der Waals surface area (Å²) in [5.41, 5.74) is -0.578. The fourth-order valence-corrected chi connectivity index (χ4v) is 2.53. The lowest BCUT2D eigenvalue weighted by Crippen LogP contribution is -2.48. The number of nitrogens with zero attached hydrogens (tertiary/aromatic N) is 1. The summed E-state index contributed by atoms with van der Waals surface area (Å²) in [5.74, 6) is 0.826. The molecule has 0 radical (unpaired) electrons. The molecule has 1 aromatic rings. The fourth-order valence-electron chi connectivity index (χ4n) is 1.70. The number of aromatic amines is 1. The second kappa shape index (κ2) is 8.22. The molecule has 0 saturated heterocycles. The van der Waals surface area contributed by atoms with Gasteiger partial charge in [-0.25, -0.2) is 4.98 Å². The van der Waals surface area contributed by atoms with Crippen LogP contribution in [0.5, 0.6) is 0 Å². The van der Waals surface area contributed by atoms with E-state index in [2.05, 4.69) is 15.3 Å². The molecule has 0 fully saturated rings. The zero-order valence-corrected chi connectivity index (χ0v) is 12.7. The van der Waals surface area contributed by atoms with Gasteiger partial charge < -0.3 is 15.0 Å². The molecule has 0 aliphatic carbocycles. The average molecular weight is 285 g/mol. The predicted octanol–water partition coefficient (Wildman–Crippen LogP) is 2.21. The molecule has 0 aromatic carbocycles. The summed E-state index contributed by atoms with van der Waals surface area (Å²) in [6.45, 7) is 4.14. The lowest BCUT2D eigenvalue weighted by molar-refractivity contribution is -0.150. The van der Waals surface area contributed by atoms with Crippen molar-refractivity contribution in [2.75, 3.05) is 19.4 Å². The van der Waals surface area contributed by atoms with E-state index in [1.165, 1.54) is 0 Å². The van der Waals surface area contributed by atoms with Crippen molar-refractivity contribution in [1.29, 1.82) is 0 Å². The highest BCUT2D eigenvalue weighted by Gasteiger charge is 2.32. The van der Waals surface area contributed by atoms with Gasteiger partial charge in [0.15, 0.2) is 5.16 Å². The monoisotopic (exact) mass is 285 g/mol. The van der Waals surface area contributed by atoms with E-state index in [1.54, 1.807) is 25.0 Å². The second-order valence-electron chi connectivity index (χ2n) is 4.50. The Bertz CT molecular complexity index is 370. The van der Waals surface area contributed by atoms with Crippen LogP contribution in [0.15, 0.2) is 17.6 Å². The largest absolute Gasteiger partial charge is 0.465 e. The SMILES string of the molecule is CCOC(=O)C(C)(CCCCSc1ncc[nH]1)NC. The van der Waals surface area contributed by atoms with E-state index in [1.807, 2.05) is 20.0 Å². The minimum absolute atomic E-state index is 0.170. The van der Waals surface area contributed by atoms with Crippen molar-refractivity contribution in [3.05, 3.63) is 12.4 Å². The highest BCUT2D eigenvalue weighted by molar-refractivity contribution is 7.99. The standard InChI is InChI=1S/C13H23N3O2S/c1-4-18-11(17)13(2,14-3)7-5-6-10-19-12-15-8-9-16-12/h8-9,14H,4-7,10H2,1-3H3,(H,15,16). The van der Waals surface area contributed by atoms with Gasteiger partial charge in [-0.05, 0) is 33.7 Å². The molecule has 0 aliphatic heterocycles. The maximum atomic E-state index is 11.8. The third kappa shape index (κ3) is 5.24. The number of nitrogens with one attached hydrogen (secondary N) is 2. The molecule has 108 valence electrons. The van der Waals surface area contributed by atoms with Crippen molar-refractivity contribution in [3.63, 3.8) is 0 Å². The molecular weight excluding hydrogens is 262 g/mol. The Labute approximate surface area is 118 Å². The Morgan fingerprint density at radius 2 is 2.37 bits per heavy atom. The smallest absolute Gasteiger partial charge is 0.326 e. The summed E-state index contributed by atoms with van der Waals surface area (Å²) in [6, 6.07) is 0. The number of likely N-dealkylation sites (N-methyl/N-ethyl adjacent to an activating group) is 1. The van der Waals surface area contributed by atoms with Crippen molar-refractivity contribution in [1.82, 2.24) is 15.3 Å². The number of carbonyl (C=O) groups is 1. The first-order valence-corrected chi connectivity index (χ1v) is 7.59. The molecule has 0 bridgehead atoms. The molecule has 0 aliphatic rings. The molecule has 0 spiro atoms. The average Bonchev–Trinajstić information content (AvgIpc) is 2.91. The molecular formula is C13H23N3O2S. The van der Waals surface area contributed by atoms with Crippen LogP contribution in [0.25, 0.3) is 0 Å². The maximum absolute atomic E-state index is 11.8. The van der Waals surface area contributed by atoms with Gasteiger partial charge in [-0.2, -0.15) is 0 Å². The van der Waals surface area contributed by atoms with Crippen molar-refractivity contribution in [2.45, 2.75) is 43.8 Å². The number of carbonyl (C=O) groups excluding carboxylic acids is 1. The molecule has 6 heteroatoms. The molecule has 1 atom stereocenters. The number of ether oxygens (including phenoxy) is 1. The lowest BCUT2D eigenvalue weighted by atomic mass is 9.95. The van der Waals surface area contributed by atoms with E-state index < -0.39 is 5.54 Å². The molecule has 19 heavy (non-hydrogen) atoms. The molecule has 2 N–H and O–H groups in total. The third-order valence-electron chi connectivity index (χ3n) is 3.06. The zero-order valence-electron chi connectivity index (χ0n) is 11.9. The van der Waals surface area contributed by atoms with Crippen molar-refractivity contribution >= 4 is 17.7 Å². The van der Waals surface area contributed by atoms with E-state index in [9.17, 15) is 4.79 Å². The summed E-state index contributed by atoms with van der Waals surface area (Å²) in [7, 11) is 1.80. The predicted molar refractivity (Wildman–Crippen MR) is 77.3 cm³/mol. The van der Waals surface area contributed by atoms with Crippen LogP contribution in [-0.2, 0) is 9.53 Å². The quantitative estimate of drug-likeness (QED) is 0.414. The topological polar surface area (TPSA) is 67.0 Å².